The van der Waals surface area contributed by atoms with Gasteiger partial charge >= 0.3 is 0 Å². The van der Waals surface area contributed by atoms with Crippen LogP contribution in [0.1, 0.15) is 23.1 Å². The number of anilines is 1. The molecule has 1 aromatic carbocycles. The van der Waals surface area contributed by atoms with Crippen LogP contribution in [-0.4, -0.2) is 50.3 Å². The minimum Gasteiger partial charge on any atom is -0.336 e. The van der Waals surface area contributed by atoms with Crippen molar-refractivity contribution in [2.45, 2.75) is 32.1 Å². The van der Waals surface area contributed by atoms with E-state index in [9.17, 15) is 18.0 Å². The Balaban J connectivity index is 1.85. The number of aromatic nitrogens is 1. The lowest BCUT2D eigenvalue weighted by molar-refractivity contribution is -0.133. The van der Waals surface area contributed by atoms with Crippen LogP contribution >= 0.6 is 0 Å². The first kappa shape index (κ1) is 22.5. The zero-order valence-corrected chi connectivity index (χ0v) is 17.8. The van der Waals surface area contributed by atoms with Crippen LogP contribution in [-0.2, 0) is 19.6 Å². The molecule has 9 heteroatoms. The number of likely N-dealkylation sites (N-methyl/N-ethyl adjacent to an activating group) is 1. The predicted octanol–water partition coefficient (Wildman–Crippen LogP) is 1.77. The Morgan fingerprint density at radius 1 is 1.14 bits per heavy atom. The molecule has 0 saturated heterocycles. The van der Waals surface area contributed by atoms with Gasteiger partial charge in [0.1, 0.15) is 4.90 Å². The minimum absolute atomic E-state index is 0.0315. The standard InChI is InChI=1S/C20H26N4O4S/c1-14-10-15(2)20(16(3)11-14)23-18(25)13-24(4)19(26)7-9-22-29(27,28)17-6-5-8-21-12-17/h5-6,8,10-12,22H,7,9,13H2,1-4H3,(H,23,25). The van der Waals surface area contributed by atoms with Gasteiger partial charge in [-0.3, -0.25) is 14.6 Å². The molecule has 2 N–H and O–H groups in total. The van der Waals surface area contributed by atoms with Gasteiger partial charge in [0.15, 0.2) is 0 Å². The number of hydrogen-bond donors (Lipinski definition) is 2. The Kier molecular flexibility index (Phi) is 7.46. The van der Waals surface area contributed by atoms with E-state index >= 15 is 0 Å². The van der Waals surface area contributed by atoms with E-state index in [1.807, 2.05) is 32.9 Å². The summed E-state index contributed by atoms with van der Waals surface area (Å²) in [5, 5.41) is 2.84. The highest BCUT2D eigenvalue weighted by molar-refractivity contribution is 7.89. The first-order chi connectivity index (χ1) is 13.6. The maximum absolute atomic E-state index is 12.3. The molecule has 0 aliphatic heterocycles. The van der Waals surface area contributed by atoms with Crippen molar-refractivity contribution in [3.63, 3.8) is 0 Å². The lowest BCUT2D eigenvalue weighted by atomic mass is 10.1. The summed E-state index contributed by atoms with van der Waals surface area (Å²) in [7, 11) is -2.21. The van der Waals surface area contributed by atoms with Gasteiger partial charge in [0, 0.05) is 38.1 Å². The fraction of sp³-hybridized carbons (Fsp3) is 0.350. The van der Waals surface area contributed by atoms with E-state index in [2.05, 4.69) is 15.0 Å². The molecule has 2 aromatic rings. The summed E-state index contributed by atoms with van der Waals surface area (Å²) < 4.78 is 26.6. The smallest absolute Gasteiger partial charge is 0.243 e. The quantitative estimate of drug-likeness (QED) is 0.679. The van der Waals surface area contributed by atoms with Gasteiger partial charge in [-0.2, -0.15) is 0 Å². The Hall–Kier alpha value is -2.78. The third-order valence-corrected chi connectivity index (χ3v) is 5.77. The zero-order valence-electron chi connectivity index (χ0n) is 17.0. The first-order valence-electron chi connectivity index (χ1n) is 9.11. The van der Waals surface area contributed by atoms with Crippen molar-refractivity contribution in [3.8, 4) is 0 Å². The van der Waals surface area contributed by atoms with Crippen LogP contribution in [0.2, 0.25) is 0 Å². The van der Waals surface area contributed by atoms with Gasteiger partial charge in [-0.15, -0.1) is 0 Å². The molecular formula is C20H26N4O4S. The second-order valence-corrected chi connectivity index (χ2v) is 8.68. The van der Waals surface area contributed by atoms with E-state index in [1.165, 1.54) is 36.5 Å². The van der Waals surface area contributed by atoms with Gasteiger partial charge in [0.25, 0.3) is 0 Å². The lowest BCUT2D eigenvalue weighted by Crippen LogP contribution is -2.37. The second kappa shape index (κ2) is 9.62. The van der Waals surface area contributed by atoms with Crippen LogP contribution in [0.15, 0.2) is 41.6 Å². The zero-order chi connectivity index (χ0) is 21.6. The number of hydrogen-bond acceptors (Lipinski definition) is 5. The summed E-state index contributed by atoms with van der Waals surface area (Å²) in [6.45, 7) is 5.62. The Morgan fingerprint density at radius 2 is 1.79 bits per heavy atom. The van der Waals surface area contributed by atoms with Gasteiger partial charge < -0.3 is 10.2 Å². The van der Waals surface area contributed by atoms with Crippen molar-refractivity contribution in [2.75, 3.05) is 25.5 Å². The highest BCUT2D eigenvalue weighted by Crippen LogP contribution is 2.21. The molecule has 0 unspecified atom stereocenters. The average molecular weight is 419 g/mol. The largest absolute Gasteiger partial charge is 0.336 e. The number of nitrogens with one attached hydrogen (secondary N) is 2. The SMILES string of the molecule is Cc1cc(C)c(NC(=O)CN(C)C(=O)CCNS(=O)(=O)c2cccnc2)c(C)c1. The van der Waals surface area contributed by atoms with Crippen LogP contribution in [0.25, 0.3) is 0 Å². The van der Waals surface area contributed by atoms with Crippen molar-refractivity contribution in [1.29, 1.82) is 0 Å². The van der Waals surface area contributed by atoms with Crippen molar-refractivity contribution in [1.82, 2.24) is 14.6 Å². The van der Waals surface area contributed by atoms with Gasteiger partial charge in [-0.1, -0.05) is 17.7 Å². The molecule has 156 valence electrons. The molecule has 0 aliphatic carbocycles. The predicted molar refractivity (Wildman–Crippen MR) is 111 cm³/mol. The van der Waals surface area contributed by atoms with Gasteiger partial charge in [0.2, 0.25) is 21.8 Å². The molecule has 1 aromatic heterocycles. The number of sulfonamides is 1. The van der Waals surface area contributed by atoms with Crippen LogP contribution < -0.4 is 10.0 Å². The fourth-order valence-electron chi connectivity index (χ4n) is 2.93. The normalized spacial score (nSPS) is 11.2. The molecule has 2 rings (SSSR count). The third kappa shape index (κ3) is 6.37. The van der Waals surface area contributed by atoms with Crippen molar-refractivity contribution in [3.05, 3.63) is 53.3 Å². The number of aryl methyl sites for hydroxylation is 3. The molecule has 0 spiro atoms. The van der Waals surface area contributed by atoms with Crippen LogP contribution in [0.3, 0.4) is 0 Å². The Morgan fingerprint density at radius 3 is 2.38 bits per heavy atom. The molecular weight excluding hydrogens is 392 g/mol. The summed E-state index contributed by atoms with van der Waals surface area (Å²) in [5.74, 6) is -0.654. The highest BCUT2D eigenvalue weighted by Gasteiger charge is 2.17. The van der Waals surface area contributed by atoms with E-state index in [1.54, 1.807) is 0 Å². The summed E-state index contributed by atoms with van der Waals surface area (Å²) in [6.07, 6.45) is 2.64. The number of nitrogens with zero attached hydrogens (tertiary/aromatic N) is 2. The van der Waals surface area contributed by atoms with Crippen molar-refractivity contribution < 1.29 is 18.0 Å². The van der Waals surface area contributed by atoms with E-state index in [-0.39, 0.29) is 36.2 Å². The molecule has 2 amide bonds. The molecule has 8 nitrogen and oxygen atoms in total. The molecule has 0 aliphatic rings. The summed E-state index contributed by atoms with van der Waals surface area (Å²) >= 11 is 0. The van der Waals surface area contributed by atoms with Crippen LogP contribution in [0, 0.1) is 20.8 Å². The topological polar surface area (TPSA) is 108 Å². The van der Waals surface area contributed by atoms with Crippen LogP contribution in [0.4, 0.5) is 5.69 Å². The molecule has 29 heavy (non-hydrogen) atoms. The van der Waals surface area contributed by atoms with E-state index < -0.39 is 10.0 Å². The fourth-order valence-corrected chi connectivity index (χ4v) is 3.93. The summed E-state index contributed by atoms with van der Waals surface area (Å²) in [4.78, 5) is 29.6. The van der Waals surface area contributed by atoms with Crippen molar-refractivity contribution in [2.24, 2.45) is 0 Å². The second-order valence-electron chi connectivity index (χ2n) is 6.91. The number of carbonyl (C=O) groups is 2. The number of rotatable bonds is 8. The molecule has 0 atom stereocenters. The number of carbonyl (C=O) groups excluding carboxylic acids is 2. The summed E-state index contributed by atoms with van der Waals surface area (Å²) in [6, 6.07) is 6.89. The van der Waals surface area contributed by atoms with Gasteiger partial charge in [-0.25, -0.2) is 13.1 Å². The molecule has 0 fully saturated rings. The van der Waals surface area contributed by atoms with E-state index in [0.29, 0.717) is 0 Å². The minimum atomic E-state index is -3.72. The lowest BCUT2D eigenvalue weighted by Gasteiger charge is -2.18. The van der Waals surface area contributed by atoms with E-state index in [0.717, 1.165) is 22.4 Å². The number of benzene rings is 1. The molecule has 0 radical (unpaired) electrons. The summed E-state index contributed by atoms with van der Waals surface area (Å²) in [5.41, 5.74) is 3.76. The molecule has 0 saturated carbocycles. The van der Waals surface area contributed by atoms with Crippen molar-refractivity contribution >= 4 is 27.5 Å². The highest BCUT2D eigenvalue weighted by atomic mass is 32.2. The van der Waals surface area contributed by atoms with Gasteiger partial charge in [0.05, 0.1) is 6.54 Å². The van der Waals surface area contributed by atoms with Gasteiger partial charge in [-0.05, 0) is 44.0 Å². The third-order valence-electron chi connectivity index (χ3n) is 4.32. The van der Waals surface area contributed by atoms with Crippen LogP contribution in [0.5, 0.6) is 0 Å². The number of pyridine rings is 1. The maximum Gasteiger partial charge on any atom is 0.243 e. The molecule has 1 heterocycles. The Labute approximate surface area is 171 Å². The number of amides is 2. The molecule has 0 bridgehead atoms. The first-order valence-corrected chi connectivity index (χ1v) is 10.6. The maximum atomic E-state index is 12.3. The average Bonchev–Trinajstić information content (AvgIpc) is 2.65. The van der Waals surface area contributed by atoms with E-state index in [4.69, 9.17) is 0 Å². The Bertz CT molecular complexity index is 968. The monoisotopic (exact) mass is 418 g/mol.